The molecule has 5 nitrogen and oxygen atoms in total. The van der Waals surface area contributed by atoms with Crippen LogP contribution in [-0.2, 0) is 4.74 Å². The van der Waals surface area contributed by atoms with Crippen molar-refractivity contribution < 1.29 is 9.53 Å². The molecular weight excluding hydrogens is 338 g/mol. The molecule has 1 amide bonds. The Bertz CT molecular complexity index is 624. The van der Waals surface area contributed by atoms with E-state index in [1.54, 1.807) is 11.1 Å². The van der Waals surface area contributed by atoms with Crippen LogP contribution in [0.1, 0.15) is 79.3 Å². The van der Waals surface area contributed by atoms with Crippen molar-refractivity contribution >= 4 is 11.9 Å². The highest BCUT2D eigenvalue weighted by Gasteiger charge is 2.34. The molecule has 0 aliphatic carbocycles. The first-order valence-corrected chi connectivity index (χ1v) is 10.3. The van der Waals surface area contributed by atoms with Crippen LogP contribution in [0.25, 0.3) is 0 Å². The van der Waals surface area contributed by atoms with Gasteiger partial charge in [0.15, 0.2) is 0 Å². The molecule has 2 rings (SSSR count). The van der Waals surface area contributed by atoms with Gasteiger partial charge in [0.05, 0.1) is 0 Å². The zero-order chi connectivity index (χ0) is 20.2. The van der Waals surface area contributed by atoms with Crippen molar-refractivity contribution in [1.29, 1.82) is 0 Å². The fourth-order valence-electron chi connectivity index (χ4n) is 3.71. The van der Waals surface area contributed by atoms with E-state index in [0.717, 1.165) is 37.3 Å². The summed E-state index contributed by atoms with van der Waals surface area (Å²) < 4.78 is 5.72. The summed E-state index contributed by atoms with van der Waals surface area (Å²) in [5.41, 5.74) is 0.608. The van der Waals surface area contributed by atoms with Crippen LogP contribution < -0.4 is 4.90 Å². The summed E-state index contributed by atoms with van der Waals surface area (Å²) in [4.78, 5) is 22.0. The molecule has 0 spiro atoms. The van der Waals surface area contributed by atoms with Gasteiger partial charge in [0, 0.05) is 30.4 Å². The van der Waals surface area contributed by atoms with Crippen LogP contribution in [0, 0.1) is 5.92 Å². The summed E-state index contributed by atoms with van der Waals surface area (Å²) in [7, 11) is 0. The molecule has 0 radical (unpaired) electrons. The molecule has 1 aliphatic rings. The second kappa shape index (κ2) is 9.05. The Morgan fingerprint density at radius 3 is 2.67 bits per heavy atom. The van der Waals surface area contributed by atoms with Gasteiger partial charge in [-0.15, -0.1) is 0 Å². The smallest absolute Gasteiger partial charge is 0.416 e. The maximum Gasteiger partial charge on any atom is 0.416 e. The summed E-state index contributed by atoms with van der Waals surface area (Å²) >= 11 is 0. The van der Waals surface area contributed by atoms with Gasteiger partial charge >= 0.3 is 6.09 Å². The number of carbonyl (C=O) groups excluding carboxylic acids is 1. The maximum atomic E-state index is 13.0. The zero-order valence-electron chi connectivity index (χ0n) is 18.2. The van der Waals surface area contributed by atoms with E-state index in [0.29, 0.717) is 12.0 Å². The zero-order valence-corrected chi connectivity index (χ0v) is 18.2. The van der Waals surface area contributed by atoms with Crippen molar-refractivity contribution in [2.45, 2.75) is 85.4 Å². The third kappa shape index (κ3) is 5.68. The number of nitrogens with zero attached hydrogens (tertiary/aromatic N) is 3. The third-order valence-corrected chi connectivity index (χ3v) is 4.99. The Kier molecular flexibility index (Phi) is 7.26. The van der Waals surface area contributed by atoms with E-state index >= 15 is 0 Å². The summed E-state index contributed by atoms with van der Waals surface area (Å²) in [5, 5.41) is 0. The second-order valence-electron chi connectivity index (χ2n) is 9.07. The molecule has 1 fully saturated rings. The Labute approximate surface area is 165 Å². The Hall–Kier alpha value is -1.62. The summed E-state index contributed by atoms with van der Waals surface area (Å²) in [6, 6.07) is 4.44. The number of rotatable bonds is 6. The minimum absolute atomic E-state index is 0.0217. The normalized spacial score (nSPS) is 19.3. The molecule has 2 heterocycles. The lowest BCUT2D eigenvalue weighted by Gasteiger charge is -2.34. The molecule has 1 aromatic rings. The summed E-state index contributed by atoms with van der Waals surface area (Å²) in [6.45, 7) is 16.5. The number of aromatic nitrogens is 1. The van der Waals surface area contributed by atoms with E-state index in [1.807, 2.05) is 26.8 Å². The predicted molar refractivity (Wildman–Crippen MR) is 111 cm³/mol. The predicted octanol–water partition coefficient (Wildman–Crippen LogP) is 5.41. The number of hydrogen-bond donors (Lipinski definition) is 0. The number of likely N-dealkylation sites (tertiary alicyclic amines) is 1. The molecule has 0 saturated carbocycles. The molecule has 5 heteroatoms. The molecule has 0 N–H and O–H groups in total. The molecule has 1 aromatic heterocycles. The van der Waals surface area contributed by atoms with Crippen molar-refractivity contribution in [1.82, 2.24) is 9.88 Å². The highest BCUT2D eigenvalue weighted by atomic mass is 16.6. The molecule has 152 valence electrons. The first-order chi connectivity index (χ1) is 12.6. The lowest BCUT2D eigenvalue weighted by molar-refractivity contribution is 0.0565. The fourth-order valence-corrected chi connectivity index (χ4v) is 3.71. The minimum Gasteiger partial charge on any atom is -0.443 e. The van der Waals surface area contributed by atoms with Crippen molar-refractivity contribution in [2.24, 2.45) is 5.92 Å². The Morgan fingerprint density at radius 1 is 1.37 bits per heavy atom. The number of anilines is 1. The number of amides is 1. The summed E-state index contributed by atoms with van der Waals surface area (Å²) in [5.74, 6) is 1.36. The van der Waals surface area contributed by atoms with Gasteiger partial charge < -0.3 is 4.74 Å². The van der Waals surface area contributed by atoms with Gasteiger partial charge in [-0.25, -0.2) is 9.78 Å². The average molecular weight is 376 g/mol. The molecule has 27 heavy (non-hydrogen) atoms. The first kappa shape index (κ1) is 21.7. The molecule has 1 saturated heterocycles. The first-order valence-electron chi connectivity index (χ1n) is 10.3. The van der Waals surface area contributed by atoms with Gasteiger partial charge in [-0.1, -0.05) is 26.8 Å². The van der Waals surface area contributed by atoms with E-state index in [9.17, 15) is 4.79 Å². The maximum absolute atomic E-state index is 13.0. The van der Waals surface area contributed by atoms with Crippen LogP contribution in [0.2, 0.25) is 0 Å². The molecule has 1 aliphatic heterocycles. The van der Waals surface area contributed by atoms with Crippen LogP contribution in [0.5, 0.6) is 0 Å². The van der Waals surface area contributed by atoms with E-state index in [-0.39, 0.29) is 12.1 Å². The highest BCUT2D eigenvalue weighted by molar-refractivity contribution is 5.88. The fraction of sp³-hybridized carbons (Fsp3) is 0.727. The van der Waals surface area contributed by atoms with Gasteiger partial charge in [-0.3, -0.25) is 9.80 Å². The largest absolute Gasteiger partial charge is 0.443 e. The molecule has 2 atom stereocenters. The second-order valence-corrected chi connectivity index (χ2v) is 9.07. The number of hydrogen-bond acceptors (Lipinski definition) is 4. The van der Waals surface area contributed by atoms with Crippen molar-refractivity contribution in [3.63, 3.8) is 0 Å². The number of ether oxygens (including phenoxy) is 1. The third-order valence-electron chi connectivity index (χ3n) is 4.99. The highest BCUT2D eigenvalue weighted by Crippen LogP contribution is 2.37. The van der Waals surface area contributed by atoms with Crippen LogP contribution >= 0.6 is 0 Å². The van der Waals surface area contributed by atoms with Gasteiger partial charge in [-0.2, -0.15) is 0 Å². The molecule has 0 aromatic carbocycles. The molecule has 0 bridgehead atoms. The van der Waals surface area contributed by atoms with E-state index in [1.165, 1.54) is 6.42 Å². The van der Waals surface area contributed by atoms with Crippen LogP contribution in [-0.4, -0.2) is 40.7 Å². The summed E-state index contributed by atoms with van der Waals surface area (Å²) in [6.07, 6.45) is 4.59. The lowest BCUT2D eigenvalue weighted by Crippen LogP contribution is -2.43. The van der Waals surface area contributed by atoms with Gasteiger partial charge in [0.2, 0.25) is 0 Å². The Morgan fingerprint density at radius 2 is 2.07 bits per heavy atom. The van der Waals surface area contributed by atoms with E-state index in [2.05, 4.69) is 43.6 Å². The lowest BCUT2D eigenvalue weighted by atomic mass is 10.0. The van der Waals surface area contributed by atoms with E-state index < -0.39 is 5.60 Å². The SMILES string of the molecule is CC[C@@H](C)N(C(=O)OC(C)(C)C)c1ncccc1[C@@H]1CCCN1CC(C)C. The van der Waals surface area contributed by atoms with Gasteiger partial charge in [0.25, 0.3) is 0 Å². The van der Waals surface area contributed by atoms with E-state index in [4.69, 9.17) is 4.74 Å². The average Bonchev–Trinajstić information content (AvgIpc) is 3.00. The monoisotopic (exact) mass is 375 g/mol. The van der Waals surface area contributed by atoms with Crippen LogP contribution in [0.3, 0.4) is 0 Å². The van der Waals surface area contributed by atoms with Gasteiger partial charge in [-0.05, 0) is 65.5 Å². The topological polar surface area (TPSA) is 45.7 Å². The van der Waals surface area contributed by atoms with Gasteiger partial charge in [0.1, 0.15) is 11.4 Å². The van der Waals surface area contributed by atoms with Crippen molar-refractivity contribution in [3.8, 4) is 0 Å². The molecule has 0 unspecified atom stereocenters. The van der Waals surface area contributed by atoms with Crippen molar-refractivity contribution in [3.05, 3.63) is 23.9 Å². The quantitative estimate of drug-likeness (QED) is 0.666. The van der Waals surface area contributed by atoms with Crippen LogP contribution in [0.15, 0.2) is 18.3 Å². The molecular formula is C22H37N3O2. The minimum atomic E-state index is -0.533. The standard InChI is InChI=1S/C22H37N3O2/c1-8-17(4)25(21(26)27-22(5,6)7)20-18(11-9-13-23-20)19-12-10-14-24(19)15-16(2)3/h9,11,13,16-17,19H,8,10,12,14-15H2,1-7H3/t17-,19+/m1/s1. The number of pyridine rings is 1. The number of carbonyl (C=O) groups is 1. The Balaban J connectivity index is 2.41. The van der Waals surface area contributed by atoms with Crippen molar-refractivity contribution in [2.75, 3.05) is 18.0 Å². The van der Waals surface area contributed by atoms with Crippen LogP contribution in [0.4, 0.5) is 10.6 Å².